The van der Waals surface area contributed by atoms with Gasteiger partial charge in [0.15, 0.2) is 0 Å². The molecule has 1 aromatic carbocycles. The third-order valence-corrected chi connectivity index (χ3v) is 2.90. The number of aliphatic hydroxyl groups excluding tert-OH is 1. The van der Waals surface area contributed by atoms with Crippen LogP contribution in [0.5, 0.6) is 0 Å². The summed E-state index contributed by atoms with van der Waals surface area (Å²) in [6.45, 7) is 2.26. The Balaban J connectivity index is 2.05. The van der Waals surface area contributed by atoms with Crippen molar-refractivity contribution in [1.29, 1.82) is 0 Å². The minimum absolute atomic E-state index is 0.291. The van der Waals surface area contributed by atoms with Crippen LogP contribution in [0.4, 0.5) is 10.1 Å². The zero-order valence-corrected chi connectivity index (χ0v) is 9.53. The van der Waals surface area contributed by atoms with Crippen molar-refractivity contribution in [2.45, 2.75) is 25.5 Å². The molecule has 0 aromatic heterocycles. The first-order valence-electron chi connectivity index (χ1n) is 5.56. The Morgan fingerprint density at radius 2 is 2.35 bits per heavy atom. The average Bonchev–Trinajstić information content (AvgIpc) is 2.70. The molecule has 1 saturated heterocycles. The normalized spacial score (nSPS) is 23.7. The highest BCUT2D eigenvalue weighted by Crippen LogP contribution is 2.15. The lowest BCUT2D eigenvalue weighted by Gasteiger charge is -2.15. The minimum atomic E-state index is -0.656. The van der Waals surface area contributed by atoms with E-state index in [0.717, 1.165) is 0 Å². The first-order chi connectivity index (χ1) is 8.08. The molecule has 92 valence electrons. The number of halogens is 1. The summed E-state index contributed by atoms with van der Waals surface area (Å²) in [6, 6.07) is 3.79. The maximum absolute atomic E-state index is 13.0. The van der Waals surface area contributed by atoms with Gasteiger partial charge in [0, 0.05) is 5.69 Å². The zero-order chi connectivity index (χ0) is 12.4. The quantitative estimate of drug-likeness (QED) is 0.714. The Morgan fingerprint density at radius 3 is 2.94 bits per heavy atom. The number of hydrogen-bond donors (Lipinski definition) is 3. The molecule has 1 aliphatic rings. The predicted molar refractivity (Wildman–Crippen MR) is 62.2 cm³/mol. The molecule has 2 rings (SSSR count). The highest BCUT2D eigenvalue weighted by Gasteiger charge is 2.30. The highest BCUT2D eigenvalue weighted by atomic mass is 19.1. The van der Waals surface area contributed by atoms with Crippen molar-refractivity contribution in [3.05, 3.63) is 29.6 Å². The van der Waals surface area contributed by atoms with Gasteiger partial charge in [-0.3, -0.25) is 4.79 Å². The van der Waals surface area contributed by atoms with Crippen molar-refractivity contribution in [2.24, 2.45) is 0 Å². The number of rotatable bonds is 2. The fourth-order valence-corrected chi connectivity index (χ4v) is 1.90. The Morgan fingerprint density at radius 1 is 1.59 bits per heavy atom. The molecule has 1 amide bonds. The molecule has 0 spiro atoms. The molecular weight excluding hydrogens is 223 g/mol. The molecule has 2 atom stereocenters. The fraction of sp³-hybridized carbons (Fsp3) is 0.417. The summed E-state index contributed by atoms with van der Waals surface area (Å²) in [4.78, 5) is 11.8. The van der Waals surface area contributed by atoms with Crippen LogP contribution in [0, 0.1) is 12.7 Å². The topological polar surface area (TPSA) is 61.4 Å². The van der Waals surface area contributed by atoms with Crippen LogP contribution in [0.25, 0.3) is 0 Å². The number of amides is 1. The number of hydrogen-bond acceptors (Lipinski definition) is 3. The van der Waals surface area contributed by atoms with Crippen LogP contribution in [-0.4, -0.2) is 29.7 Å². The molecular formula is C12H15FN2O2. The second kappa shape index (κ2) is 4.81. The van der Waals surface area contributed by atoms with Gasteiger partial charge in [0.25, 0.3) is 0 Å². The Labute approximate surface area is 98.8 Å². The van der Waals surface area contributed by atoms with E-state index in [9.17, 15) is 14.3 Å². The average molecular weight is 238 g/mol. The number of nitrogens with one attached hydrogen (secondary N) is 2. The summed E-state index contributed by atoms with van der Waals surface area (Å²) >= 11 is 0. The molecule has 0 radical (unpaired) electrons. The van der Waals surface area contributed by atoms with Gasteiger partial charge < -0.3 is 15.7 Å². The molecule has 1 fully saturated rings. The van der Waals surface area contributed by atoms with Gasteiger partial charge in [-0.05, 0) is 43.7 Å². The van der Waals surface area contributed by atoms with Crippen LogP contribution in [-0.2, 0) is 4.79 Å². The highest BCUT2D eigenvalue weighted by molar-refractivity contribution is 5.95. The molecule has 0 saturated carbocycles. The van der Waals surface area contributed by atoms with E-state index < -0.39 is 12.1 Å². The van der Waals surface area contributed by atoms with Gasteiger partial charge >= 0.3 is 0 Å². The number of carbonyl (C=O) groups is 1. The van der Waals surface area contributed by atoms with Crippen molar-refractivity contribution in [3.8, 4) is 0 Å². The van der Waals surface area contributed by atoms with Crippen LogP contribution in [0.15, 0.2) is 18.2 Å². The maximum atomic E-state index is 13.0. The predicted octanol–water partition coefficient (Wildman–Crippen LogP) is 0.795. The van der Waals surface area contributed by atoms with Gasteiger partial charge in [-0.2, -0.15) is 0 Å². The molecule has 5 heteroatoms. The number of carbonyl (C=O) groups excluding carboxylic acids is 1. The van der Waals surface area contributed by atoms with Gasteiger partial charge in [0.1, 0.15) is 11.9 Å². The lowest BCUT2D eigenvalue weighted by molar-refractivity contribution is -0.119. The monoisotopic (exact) mass is 238 g/mol. The lowest BCUT2D eigenvalue weighted by Crippen LogP contribution is -2.42. The minimum Gasteiger partial charge on any atom is -0.391 e. The molecule has 17 heavy (non-hydrogen) atoms. The summed E-state index contributed by atoms with van der Waals surface area (Å²) in [6.07, 6.45) is -0.0860. The molecule has 1 heterocycles. The lowest BCUT2D eigenvalue weighted by atomic mass is 10.1. The molecule has 0 aliphatic carbocycles. The first-order valence-corrected chi connectivity index (χ1v) is 5.56. The Bertz CT molecular complexity index is 437. The van der Waals surface area contributed by atoms with E-state index in [2.05, 4.69) is 10.6 Å². The van der Waals surface area contributed by atoms with Crippen molar-refractivity contribution < 1.29 is 14.3 Å². The molecule has 0 unspecified atom stereocenters. The van der Waals surface area contributed by atoms with Crippen LogP contribution < -0.4 is 10.6 Å². The van der Waals surface area contributed by atoms with Crippen molar-refractivity contribution >= 4 is 11.6 Å². The van der Waals surface area contributed by atoms with E-state index >= 15 is 0 Å². The molecule has 0 bridgehead atoms. The largest absolute Gasteiger partial charge is 0.391 e. The molecule has 1 aliphatic heterocycles. The first kappa shape index (κ1) is 12.0. The van der Waals surface area contributed by atoms with Crippen LogP contribution in [0.2, 0.25) is 0 Å². The Hall–Kier alpha value is -1.46. The standard InChI is InChI=1S/C12H15FN2O2/c1-7-6-8(2-3-9(7)13)15-12(17)11-10(16)4-5-14-11/h2-3,6,10-11,14,16H,4-5H2,1H3,(H,15,17)/t10-,11+/m1/s1. The van der Waals surface area contributed by atoms with Gasteiger partial charge in [0.05, 0.1) is 6.10 Å². The van der Waals surface area contributed by atoms with E-state index in [0.29, 0.717) is 24.2 Å². The fourth-order valence-electron chi connectivity index (χ4n) is 1.90. The molecule has 3 N–H and O–H groups in total. The molecule has 4 nitrogen and oxygen atoms in total. The summed E-state index contributed by atoms with van der Waals surface area (Å²) in [5.41, 5.74) is 1.01. The third-order valence-electron chi connectivity index (χ3n) is 2.90. The van der Waals surface area contributed by atoms with E-state index in [-0.39, 0.29) is 11.7 Å². The van der Waals surface area contributed by atoms with E-state index in [1.165, 1.54) is 12.1 Å². The van der Waals surface area contributed by atoms with Crippen molar-refractivity contribution in [1.82, 2.24) is 5.32 Å². The second-order valence-electron chi connectivity index (χ2n) is 4.24. The Kier molecular flexibility index (Phi) is 3.40. The van der Waals surface area contributed by atoms with Crippen LogP contribution >= 0.6 is 0 Å². The number of aryl methyl sites for hydroxylation is 1. The summed E-state index contributed by atoms with van der Waals surface area (Å²) in [7, 11) is 0. The van der Waals surface area contributed by atoms with Crippen molar-refractivity contribution in [3.63, 3.8) is 0 Å². The van der Waals surface area contributed by atoms with Crippen LogP contribution in [0.3, 0.4) is 0 Å². The zero-order valence-electron chi connectivity index (χ0n) is 9.53. The smallest absolute Gasteiger partial charge is 0.244 e. The number of aliphatic hydroxyl groups is 1. The van der Waals surface area contributed by atoms with Gasteiger partial charge in [-0.15, -0.1) is 0 Å². The number of benzene rings is 1. The summed E-state index contributed by atoms with van der Waals surface area (Å²) in [5.74, 6) is -0.594. The molecule has 1 aromatic rings. The van der Waals surface area contributed by atoms with Crippen LogP contribution in [0.1, 0.15) is 12.0 Å². The SMILES string of the molecule is Cc1cc(NC(=O)[C@H]2NCC[C@H]2O)ccc1F. The third kappa shape index (κ3) is 2.62. The van der Waals surface area contributed by atoms with Crippen molar-refractivity contribution in [2.75, 3.05) is 11.9 Å². The summed E-state index contributed by atoms with van der Waals surface area (Å²) < 4.78 is 13.0. The van der Waals surface area contributed by atoms with Gasteiger partial charge in [-0.25, -0.2) is 4.39 Å². The van der Waals surface area contributed by atoms with Gasteiger partial charge in [-0.1, -0.05) is 0 Å². The number of anilines is 1. The second-order valence-corrected chi connectivity index (χ2v) is 4.24. The van der Waals surface area contributed by atoms with E-state index in [4.69, 9.17) is 0 Å². The van der Waals surface area contributed by atoms with E-state index in [1.54, 1.807) is 13.0 Å². The summed E-state index contributed by atoms with van der Waals surface area (Å²) in [5, 5.41) is 15.1. The van der Waals surface area contributed by atoms with Gasteiger partial charge in [0.2, 0.25) is 5.91 Å². The maximum Gasteiger partial charge on any atom is 0.244 e. The van der Waals surface area contributed by atoms with E-state index in [1.807, 2.05) is 0 Å².